The molecule has 6 atom stereocenters. The van der Waals surface area contributed by atoms with Crippen LogP contribution in [-0.4, -0.2) is 42.0 Å². The summed E-state index contributed by atoms with van der Waals surface area (Å²) in [6.07, 6.45) is 15.4. The van der Waals surface area contributed by atoms with Gasteiger partial charge in [-0.05, 0) is 55.9 Å². The Balaban J connectivity index is 0.972. The van der Waals surface area contributed by atoms with Gasteiger partial charge in [-0.3, -0.25) is 0 Å². The summed E-state index contributed by atoms with van der Waals surface area (Å²) in [5.41, 5.74) is 5.10. The van der Waals surface area contributed by atoms with Gasteiger partial charge in [0.2, 0.25) is 0 Å². The molecule has 4 aliphatic rings. The Bertz CT molecular complexity index is 1280. The summed E-state index contributed by atoms with van der Waals surface area (Å²) in [5, 5.41) is 7.43. The minimum absolute atomic E-state index is 0.353. The lowest BCUT2D eigenvalue weighted by atomic mass is 10.00. The lowest BCUT2D eigenvalue weighted by Gasteiger charge is -2.20. The molecule has 3 aromatic heterocycles. The summed E-state index contributed by atoms with van der Waals surface area (Å²) in [7, 11) is 0. The van der Waals surface area contributed by atoms with Crippen molar-refractivity contribution in [1.29, 1.82) is 0 Å². The highest BCUT2D eigenvalue weighted by atomic mass is 15.1. The number of fused-ring (bicyclic) bond motifs is 4. The minimum Gasteiger partial charge on any atom is -0.341 e. The van der Waals surface area contributed by atoms with Gasteiger partial charge in [0.1, 0.15) is 11.6 Å². The Morgan fingerprint density at radius 3 is 1.58 bits per heavy atom. The Morgan fingerprint density at radius 2 is 1.08 bits per heavy atom. The third-order valence-electron chi connectivity index (χ3n) is 8.92. The van der Waals surface area contributed by atoms with E-state index < -0.39 is 0 Å². The summed E-state index contributed by atoms with van der Waals surface area (Å²) in [6, 6.07) is 10.5. The van der Waals surface area contributed by atoms with Crippen molar-refractivity contribution in [2.45, 2.75) is 62.7 Å². The van der Waals surface area contributed by atoms with Gasteiger partial charge in [-0.1, -0.05) is 24.3 Å². The molecule has 0 radical (unpaired) electrons. The molecule has 4 aromatic rings. The van der Waals surface area contributed by atoms with E-state index >= 15 is 0 Å². The summed E-state index contributed by atoms with van der Waals surface area (Å²) < 4.78 is 0. The maximum Gasteiger partial charge on any atom is 0.159 e. The first-order valence-corrected chi connectivity index (χ1v) is 13.3. The van der Waals surface area contributed by atoms with Crippen LogP contribution in [0.5, 0.6) is 0 Å². The van der Waals surface area contributed by atoms with E-state index in [2.05, 4.69) is 59.8 Å². The molecular formula is C28H30N8. The van der Waals surface area contributed by atoms with Crippen LogP contribution in [0.1, 0.15) is 62.3 Å². The molecule has 182 valence electrons. The van der Waals surface area contributed by atoms with Crippen molar-refractivity contribution < 1.29 is 0 Å². The zero-order valence-corrected chi connectivity index (χ0v) is 20.1. The predicted molar refractivity (Wildman–Crippen MR) is 137 cm³/mol. The molecule has 8 heteroatoms. The summed E-state index contributed by atoms with van der Waals surface area (Å²) in [5.74, 6) is 4.25. The molecule has 4 fully saturated rings. The smallest absolute Gasteiger partial charge is 0.159 e. The Kier molecular flexibility index (Phi) is 4.67. The molecule has 6 unspecified atom stereocenters. The van der Waals surface area contributed by atoms with E-state index in [4.69, 9.17) is 4.98 Å². The molecule has 2 aliphatic carbocycles. The predicted octanol–water partition coefficient (Wildman–Crippen LogP) is 4.55. The van der Waals surface area contributed by atoms with E-state index in [1.165, 1.54) is 38.5 Å². The number of benzene rings is 1. The van der Waals surface area contributed by atoms with E-state index in [-0.39, 0.29) is 0 Å². The molecule has 2 saturated carbocycles. The molecule has 5 heterocycles. The SMILES string of the molecule is c1cc(-c2cnc(C3NC4CCC3C4)[nH]2)ccc1-c1ncc(-c2cnc(C3NC4CCC3C4)[nH]2)cn1. The number of hydrogen-bond donors (Lipinski definition) is 4. The van der Waals surface area contributed by atoms with E-state index in [0.717, 1.165) is 51.5 Å². The zero-order valence-electron chi connectivity index (χ0n) is 20.1. The Hall–Kier alpha value is -3.36. The van der Waals surface area contributed by atoms with Gasteiger partial charge in [0.25, 0.3) is 0 Å². The molecule has 2 aliphatic heterocycles. The first-order valence-electron chi connectivity index (χ1n) is 13.3. The van der Waals surface area contributed by atoms with Gasteiger partial charge < -0.3 is 20.6 Å². The van der Waals surface area contributed by atoms with Crippen LogP contribution in [0, 0.1) is 11.8 Å². The monoisotopic (exact) mass is 478 g/mol. The first kappa shape index (κ1) is 20.8. The highest BCUT2D eigenvalue weighted by Gasteiger charge is 2.42. The van der Waals surface area contributed by atoms with E-state index in [0.29, 0.717) is 30.1 Å². The molecule has 0 amide bonds. The number of H-pyrrole nitrogens is 2. The van der Waals surface area contributed by atoms with Crippen molar-refractivity contribution in [2.75, 3.05) is 0 Å². The average Bonchev–Trinajstić information content (AvgIpc) is 3.76. The second kappa shape index (κ2) is 8.08. The highest BCUT2D eigenvalue weighted by Crippen LogP contribution is 2.43. The molecule has 0 spiro atoms. The van der Waals surface area contributed by atoms with E-state index in [1.54, 1.807) is 0 Å². The van der Waals surface area contributed by atoms with E-state index in [9.17, 15) is 0 Å². The first-order chi connectivity index (χ1) is 17.8. The van der Waals surface area contributed by atoms with Crippen LogP contribution in [0.3, 0.4) is 0 Å². The normalized spacial score (nSPS) is 30.4. The van der Waals surface area contributed by atoms with Crippen LogP contribution < -0.4 is 10.6 Å². The van der Waals surface area contributed by atoms with Crippen LogP contribution in [0.2, 0.25) is 0 Å². The average molecular weight is 479 g/mol. The second-order valence-electron chi connectivity index (χ2n) is 11.1. The number of aromatic amines is 2. The molecule has 8 rings (SSSR count). The van der Waals surface area contributed by atoms with Crippen molar-refractivity contribution >= 4 is 0 Å². The third-order valence-corrected chi connectivity index (χ3v) is 8.92. The largest absolute Gasteiger partial charge is 0.341 e. The van der Waals surface area contributed by atoms with Gasteiger partial charge in [0.15, 0.2) is 5.82 Å². The molecule has 1 aromatic carbocycles. The number of piperidine rings is 2. The van der Waals surface area contributed by atoms with Gasteiger partial charge in [-0.25, -0.2) is 19.9 Å². The van der Waals surface area contributed by atoms with Crippen molar-refractivity contribution in [3.8, 4) is 33.9 Å². The van der Waals surface area contributed by atoms with Crippen molar-refractivity contribution in [2.24, 2.45) is 11.8 Å². The quantitative estimate of drug-likeness (QED) is 0.335. The van der Waals surface area contributed by atoms with Crippen LogP contribution in [0.4, 0.5) is 0 Å². The van der Waals surface area contributed by atoms with Gasteiger partial charge in [0.05, 0.1) is 35.9 Å². The number of aromatic nitrogens is 6. The third kappa shape index (κ3) is 3.43. The van der Waals surface area contributed by atoms with Crippen LogP contribution in [-0.2, 0) is 0 Å². The van der Waals surface area contributed by atoms with Gasteiger partial charge in [-0.2, -0.15) is 0 Å². The number of nitrogens with one attached hydrogen (secondary N) is 4. The standard InChI is InChI=1S/C28H30N8/c1-3-16(4-2-15(1)22-13-31-27(35-22)24-17-5-7-20(9-17)33-24)26-29-11-19(12-30-26)23-14-32-28(36-23)25-18-6-8-21(10-18)34-25/h1-4,11-14,17-18,20-21,24-25,33-34H,5-10H2,(H,31,35)(H,32,36). The topological polar surface area (TPSA) is 107 Å². The van der Waals surface area contributed by atoms with Gasteiger partial charge >= 0.3 is 0 Å². The summed E-state index contributed by atoms with van der Waals surface area (Å²) in [4.78, 5) is 25.7. The van der Waals surface area contributed by atoms with Gasteiger partial charge in [0, 0.05) is 35.6 Å². The molecular weight excluding hydrogens is 448 g/mol. The molecule has 4 bridgehead atoms. The van der Waals surface area contributed by atoms with E-state index in [1.807, 2.05) is 24.8 Å². The fraction of sp³-hybridized carbons (Fsp3) is 0.429. The Morgan fingerprint density at radius 1 is 0.556 bits per heavy atom. The lowest BCUT2D eigenvalue weighted by molar-refractivity contribution is 0.379. The van der Waals surface area contributed by atoms with Crippen LogP contribution in [0.15, 0.2) is 49.1 Å². The number of nitrogens with zero attached hydrogens (tertiary/aromatic N) is 4. The fourth-order valence-corrected chi connectivity index (χ4v) is 7.02. The van der Waals surface area contributed by atoms with Crippen molar-refractivity contribution in [3.05, 3.63) is 60.7 Å². The lowest BCUT2D eigenvalue weighted by Crippen LogP contribution is -2.29. The Labute approximate surface area is 209 Å². The second-order valence-corrected chi connectivity index (χ2v) is 11.1. The molecule has 4 N–H and O–H groups in total. The molecule has 2 saturated heterocycles. The van der Waals surface area contributed by atoms with Crippen molar-refractivity contribution in [1.82, 2.24) is 40.5 Å². The maximum atomic E-state index is 4.70. The van der Waals surface area contributed by atoms with Crippen molar-refractivity contribution in [3.63, 3.8) is 0 Å². The minimum atomic E-state index is 0.353. The van der Waals surface area contributed by atoms with Crippen LogP contribution >= 0.6 is 0 Å². The zero-order chi connectivity index (χ0) is 23.6. The molecule has 36 heavy (non-hydrogen) atoms. The van der Waals surface area contributed by atoms with Gasteiger partial charge in [-0.15, -0.1) is 0 Å². The number of rotatable bonds is 5. The molecule has 8 nitrogen and oxygen atoms in total. The number of imidazole rings is 2. The number of hydrogen-bond acceptors (Lipinski definition) is 6. The summed E-state index contributed by atoms with van der Waals surface area (Å²) in [6.45, 7) is 0. The summed E-state index contributed by atoms with van der Waals surface area (Å²) >= 11 is 0. The fourth-order valence-electron chi connectivity index (χ4n) is 7.02. The van der Waals surface area contributed by atoms with Crippen LogP contribution in [0.25, 0.3) is 33.9 Å². The highest BCUT2D eigenvalue weighted by molar-refractivity contribution is 5.66. The maximum absolute atomic E-state index is 4.70.